The highest BCUT2D eigenvalue weighted by Crippen LogP contribution is 2.25. The summed E-state index contributed by atoms with van der Waals surface area (Å²) < 4.78 is 0. The smallest absolute Gasteiger partial charge is 0.132 e. The van der Waals surface area contributed by atoms with Crippen LogP contribution in [0.1, 0.15) is 30.9 Å². The average Bonchev–Trinajstić information content (AvgIpc) is 2.60. The first kappa shape index (κ1) is 19.0. The first-order chi connectivity index (χ1) is 12.4. The Morgan fingerprint density at radius 2 is 2.15 bits per heavy atom. The number of benzene rings is 1. The van der Waals surface area contributed by atoms with Gasteiger partial charge in [0.25, 0.3) is 0 Å². The number of piperidine rings is 1. The summed E-state index contributed by atoms with van der Waals surface area (Å²) >= 11 is 12.1. The summed E-state index contributed by atoms with van der Waals surface area (Å²) in [5, 5.41) is 12.5. The van der Waals surface area contributed by atoms with E-state index in [4.69, 9.17) is 34.3 Å². The van der Waals surface area contributed by atoms with Gasteiger partial charge in [-0.05, 0) is 50.1 Å². The number of pyridine rings is 1. The third kappa shape index (κ3) is 4.67. The van der Waals surface area contributed by atoms with Crippen LogP contribution in [0.25, 0.3) is 0 Å². The molecule has 1 atom stereocenters. The van der Waals surface area contributed by atoms with Gasteiger partial charge >= 0.3 is 0 Å². The summed E-state index contributed by atoms with van der Waals surface area (Å²) in [5.41, 5.74) is 9.01. The molecule has 138 valence electrons. The third-order valence-corrected chi connectivity index (χ3v) is 5.33. The summed E-state index contributed by atoms with van der Waals surface area (Å²) in [6, 6.07) is 8.04. The number of nitrogens with two attached hydrogens (primary N) is 1. The molecular formula is C19H23Cl2N5. The van der Waals surface area contributed by atoms with Gasteiger partial charge in [-0.2, -0.15) is 0 Å². The van der Waals surface area contributed by atoms with E-state index in [1.54, 1.807) is 13.1 Å². The fraction of sp³-hybridized carbons (Fsp3) is 0.368. The molecule has 0 radical (unpaired) electrons. The Labute approximate surface area is 164 Å². The number of halogens is 2. The molecule has 1 aliphatic heterocycles. The second-order valence-corrected chi connectivity index (χ2v) is 7.56. The zero-order valence-corrected chi connectivity index (χ0v) is 16.2. The molecule has 5 nitrogen and oxygen atoms in total. The predicted octanol–water partition coefficient (Wildman–Crippen LogP) is 4.43. The van der Waals surface area contributed by atoms with Crippen LogP contribution < -0.4 is 11.1 Å². The minimum Gasteiger partial charge on any atom is -0.383 e. The fourth-order valence-electron chi connectivity index (χ4n) is 3.30. The van der Waals surface area contributed by atoms with Gasteiger partial charge in [0.15, 0.2) is 0 Å². The van der Waals surface area contributed by atoms with Crippen LogP contribution in [0, 0.1) is 5.41 Å². The van der Waals surface area contributed by atoms with E-state index in [0.717, 1.165) is 43.7 Å². The molecule has 26 heavy (non-hydrogen) atoms. The number of aromatic nitrogens is 1. The van der Waals surface area contributed by atoms with E-state index in [1.165, 1.54) is 0 Å². The topological polar surface area (TPSA) is 78.0 Å². The molecule has 1 aliphatic rings. The number of likely N-dealkylation sites (tertiary alicyclic amines) is 1. The molecule has 2 heterocycles. The standard InChI is InChI=1S/C19H23Cl2N5/c1-12(22)16-8-15(9-24-19(16)23)25-14-3-2-6-26(11-14)10-13-4-5-17(20)18(21)7-13/h4-5,7-9,14,22,25H,2-3,6,10-11H2,1H3,(H2,23,24). The lowest BCUT2D eigenvalue weighted by Gasteiger charge is -2.33. The maximum Gasteiger partial charge on any atom is 0.132 e. The first-order valence-corrected chi connectivity index (χ1v) is 9.42. The SMILES string of the molecule is CC(=N)c1cc(NC2CCCN(Cc3ccc(Cl)c(Cl)c3)C2)cnc1N. The van der Waals surface area contributed by atoms with Crippen molar-refractivity contribution in [3.63, 3.8) is 0 Å². The normalized spacial score (nSPS) is 17.9. The zero-order chi connectivity index (χ0) is 18.7. The number of hydrogen-bond donors (Lipinski definition) is 3. The average molecular weight is 392 g/mol. The highest BCUT2D eigenvalue weighted by molar-refractivity contribution is 6.42. The van der Waals surface area contributed by atoms with E-state index in [-0.39, 0.29) is 0 Å². The molecule has 0 aliphatic carbocycles. The highest BCUT2D eigenvalue weighted by atomic mass is 35.5. The molecule has 0 saturated carbocycles. The van der Waals surface area contributed by atoms with E-state index in [0.29, 0.717) is 33.2 Å². The molecule has 1 aromatic heterocycles. The van der Waals surface area contributed by atoms with Crippen molar-refractivity contribution in [2.24, 2.45) is 0 Å². The van der Waals surface area contributed by atoms with Gasteiger partial charge in [-0.15, -0.1) is 0 Å². The number of anilines is 2. The summed E-state index contributed by atoms with van der Waals surface area (Å²) in [7, 11) is 0. The van der Waals surface area contributed by atoms with Crippen LogP contribution in [-0.4, -0.2) is 34.7 Å². The Morgan fingerprint density at radius 1 is 1.35 bits per heavy atom. The van der Waals surface area contributed by atoms with Crippen LogP contribution in [0.4, 0.5) is 11.5 Å². The van der Waals surface area contributed by atoms with Crippen LogP contribution in [0.5, 0.6) is 0 Å². The largest absolute Gasteiger partial charge is 0.383 e. The van der Waals surface area contributed by atoms with Gasteiger partial charge in [-0.25, -0.2) is 4.98 Å². The molecule has 0 spiro atoms. The molecule has 2 aromatic rings. The number of nitrogen functional groups attached to an aromatic ring is 1. The Hall–Kier alpha value is -1.82. The predicted molar refractivity (Wildman–Crippen MR) is 110 cm³/mol. The van der Waals surface area contributed by atoms with E-state index in [2.05, 4.69) is 15.2 Å². The molecule has 1 unspecified atom stereocenters. The maximum absolute atomic E-state index is 7.81. The molecular weight excluding hydrogens is 369 g/mol. The van der Waals surface area contributed by atoms with Gasteiger partial charge in [-0.1, -0.05) is 29.3 Å². The minimum atomic E-state index is 0.329. The van der Waals surface area contributed by atoms with Crippen LogP contribution in [0.2, 0.25) is 10.0 Å². The highest BCUT2D eigenvalue weighted by Gasteiger charge is 2.20. The Bertz CT molecular complexity index is 809. The number of nitrogens with zero attached hydrogens (tertiary/aromatic N) is 2. The molecule has 1 saturated heterocycles. The maximum atomic E-state index is 7.81. The first-order valence-electron chi connectivity index (χ1n) is 8.66. The van der Waals surface area contributed by atoms with Crippen LogP contribution in [0.3, 0.4) is 0 Å². The van der Waals surface area contributed by atoms with Crippen molar-refractivity contribution in [3.05, 3.63) is 51.6 Å². The second-order valence-electron chi connectivity index (χ2n) is 6.75. The molecule has 0 bridgehead atoms. The minimum absolute atomic E-state index is 0.329. The lowest BCUT2D eigenvalue weighted by Crippen LogP contribution is -2.41. The van der Waals surface area contributed by atoms with Crippen molar-refractivity contribution in [3.8, 4) is 0 Å². The van der Waals surface area contributed by atoms with E-state index in [1.807, 2.05) is 24.3 Å². The van der Waals surface area contributed by atoms with Crippen molar-refractivity contribution in [1.29, 1.82) is 5.41 Å². The quantitative estimate of drug-likeness (QED) is 0.658. The van der Waals surface area contributed by atoms with Crippen LogP contribution >= 0.6 is 23.2 Å². The molecule has 0 amide bonds. The van der Waals surface area contributed by atoms with Gasteiger partial charge in [0, 0.05) is 30.4 Å². The van der Waals surface area contributed by atoms with E-state index < -0.39 is 0 Å². The van der Waals surface area contributed by atoms with Gasteiger partial charge in [0.2, 0.25) is 0 Å². The Balaban J connectivity index is 1.64. The lowest BCUT2D eigenvalue weighted by atomic mass is 10.0. The monoisotopic (exact) mass is 391 g/mol. The lowest BCUT2D eigenvalue weighted by molar-refractivity contribution is 0.208. The van der Waals surface area contributed by atoms with Crippen molar-refractivity contribution >= 4 is 40.4 Å². The third-order valence-electron chi connectivity index (χ3n) is 4.59. The second kappa shape index (κ2) is 8.25. The number of nitrogens with one attached hydrogen (secondary N) is 2. The van der Waals surface area contributed by atoms with E-state index in [9.17, 15) is 0 Å². The van der Waals surface area contributed by atoms with Crippen molar-refractivity contribution in [1.82, 2.24) is 9.88 Å². The summed E-state index contributed by atoms with van der Waals surface area (Å²) in [6.07, 6.45) is 3.96. The summed E-state index contributed by atoms with van der Waals surface area (Å²) in [4.78, 5) is 6.62. The van der Waals surface area contributed by atoms with Gasteiger partial charge in [0.05, 0.1) is 21.9 Å². The Kier molecular flexibility index (Phi) is 6.01. The molecule has 4 N–H and O–H groups in total. The summed E-state index contributed by atoms with van der Waals surface area (Å²) in [6.45, 7) is 4.56. The van der Waals surface area contributed by atoms with Crippen molar-refractivity contribution in [2.75, 3.05) is 24.1 Å². The molecule has 7 heteroatoms. The van der Waals surface area contributed by atoms with Gasteiger partial charge in [-0.3, -0.25) is 4.90 Å². The van der Waals surface area contributed by atoms with Crippen molar-refractivity contribution < 1.29 is 0 Å². The van der Waals surface area contributed by atoms with Crippen LogP contribution in [0.15, 0.2) is 30.5 Å². The molecule has 3 rings (SSSR count). The zero-order valence-electron chi connectivity index (χ0n) is 14.7. The molecule has 1 aromatic carbocycles. The number of hydrogen-bond acceptors (Lipinski definition) is 5. The van der Waals surface area contributed by atoms with Crippen molar-refractivity contribution in [2.45, 2.75) is 32.4 Å². The summed E-state index contributed by atoms with van der Waals surface area (Å²) in [5.74, 6) is 0.396. The van der Waals surface area contributed by atoms with Gasteiger partial charge in [0.1, 0.15) is 5.82 Å². The fourth-order valence-corrected chi connectivity index (χ4v) is 3.62. The van der Waals surface area contributed by atoms with Crippen LogP contribution in [-0.2, 0) is 6.54 Å². The van der Waals surface area contributed by atoms with E-state index >= 15 is 0 Å². The number of rotatable bonds is 5. The van der Waals surface area contributed by atoms with Gasteiger partial charge < -0.3 is 16.5 Å². The Morgan fingerprint density at radius 3 is 2.88 bits per heavy atom. The molecule has 1 fully saturated rings.